The maximum atomic E-state index is 12.7. The summed E-state index contributed by atoms with van der Waals surface area (Å²) in [6.07, 6.45) is 1.53. The van der Waals surface area contributed by atoms with E-state index in [2.05, 4.69) is 17.6 Å². The number of imidazole rings is 1. The number of anilines is 1. The van der Waals surface area contributed by atoms with E-state index in [-0.39, 0.29) is 11.8 Å². The molecular weight excluding hydrogens is 346 g/mol. The van der Waals surface area contributed by atoms with Crippen molar-refractivity contribution in [2.45, 2.75) is 39.2 Å². The molecule has 3 aromatic rings. The third kappa shape index (κ3) is 2.88. The van der Waals surface area contributed by atoms with E-state index in [1.165, 1.54) is 0 Å². The van der Waals surface area contributed by atoms with Crippen molar-refractivity contribution >= 4 is 34.2 Å². The Morgan fingerprint density at radius 2 is 2.04 bits per heavy atom. The summed E-state index contributed by atoms with van der Waals surface area (Å²) in [5, 5.41) is 0.724. The van der Waals surface area contributed by atoms with Crippen molar-refractivity contribution in [2.75, 3.05) is 11.4 Å². The monoisotopic (exact) mass is 367 g/mol. The number of nitrogens with zero attached hydrogens (tertiary/aromatic N) is 3. The average molecular weight is 368 g/mol. The number of amides is 1. The van der Waals surface area contributed by atoms with Crippen molar-refractivity contribution < 1.29 is 4.79 Å². The van der Waals surface area contributed by atoms with Crippen molar-refractivity contribution in [3.8, 4) is 0 Å². The number of carbonyl (C=O) groups is 1. The van der Waals surface area contributed by atoms with Gasteiger partial charge in [0.1, 0.15) is 5.82 Å². The summed E-state index contributed by atoms with van der Waals surface area (Å²) in [5.74, 6) is 1.28. The van der Waals surface area contributed by atoms with Crippen molar-refractivity contribution in [3.05, 3.63) is 58.9 Å². The normalized spacial score (nSPS) is 17.4. The van der Waals surface area contributed by atoms with Crippen LogP contribution in [0.3, 0.4) is 0 Å². The topological polar surface area (TPSA) is 38.1 Å². The summed E-state index contributed by atoms with van der Waals surface area (Å²) >= 11 is 6.13. The number of aryl methyl sites for hydroxylation is 2. The minimum Gasteiger partial charge on any atom is -0.328 e. The third-order valence-electron chi connectivity index (χ3n) is 5.07. The van der Waals surface area contributed by atoms with Gasteiger partial charge in [0.05, 0.1) is 11.0 Å². The van der Waals surface area contributed by atoms with Gasteiger partial charge in [-0.15, -0.1) is 0 Å². The van der Waals surface area contributed by atoms with Gasteiger partial charge in [0.15, 0.2) is 0 Å². The molecule has 1 fully saturated rings. The maximum Gasteiger partial charge on any atom is 0.227 e. The van der Waals surface area contributed by atoms with Crippen LogP contribution in [0.2, 0.25) is 5.02 Å². The molecular formula is C21H22ClN3O. The highest BCUT2D eigenvalue weighted by atomic mass is 35.5. The molecule has 2 heterocycles. The van der Waals surface area contributed by atoms with Crippen LogP contribution in [0.25, 0.3) is 11.0 Å². The van der Waals surface area contributed by atoms with Crippen LogP contribution in [0.4, 0.5) is 5.69 Å². The van der Waals surface area contributed by atoms with E-state index in [0.717, 1.165) is 46.1 Å². The molecule has 0 unspecified atom stereocenters. The van der Waals surface area contributed by atoms with Gasteiger partial charge in [0.2, 0.25) is 5.91 Å². The molecule has 1 aliphatic heterocycles. The minimum absolute atomic E-state index is 0.109. The molecule has 0 aliphatic carbocycles. The summed E-state index contributed by atoms with van der Waals surface area (Å²) in [4.78, 5) is 19.4. The van der Waals surface area contributed by atoms with Crippen molar-refractivity contribution in [1.82, 2.24) is 9.55 Å². The van der Waals surface area contributed by atoms with E-state index in [0.29, 0.717) is 13.0 Å². The second-order valence-corrected chi connectivity index (χ2v) is 7.36. The zero-order valence-electron chi connectivity index (χ0n) is 15.1. The zero-order chi connectivity index (χ0) is 18.3. The van der Waals surface area contributed by atoms with E-state index < -0.39 is 0 Å². The number of fused-ring (bicyclic) bond motifs is 1. The van der Waals surface area contributed by atoms with Gasteiger partial charge in [-0.25, -0.2) is 4.98 Å². The largest absolute Gasteiger partial charge is 0.328 e. The summed E-state index contributed by atoms with van der Waals surface area (Å²) in [7, 11) is 0. The highest BCUT2D eigenvalue weighted by Crippen LogP contribution is 2.34. The Morgan fingerprint density at radius 3 is 2.81 bits per heavy atom. The Morgan fingerprint density at radius 1 is 1.23 bits per heavy atom. The second kappa shape index (κ2) is 6.76. The molecule has 1 amide bonds. The van der Waals surface area contributed by atoms with Crippen LogP contribution in [-0.2, 0) is 11.3 Å². The van der Waals surface area contributed by atoms with Crippen LogP contribution in [-0.4, -0.2) is 22.0 Å². The number of rotatable bonds is 4. The van der Waals surface area contributed by atoms with Crippen molar-refractivity contribution in [1.29, 1.82) is 0 Å². The summed E-state index contributed by atoms with van der Waals surface area (Å²) < 4.78 is 2.28. The van der Waals surface area contributed by atoms with E-state index >= 15 is 0 Å². The molecule has 2 aromatic carbocycles. The highest BCUT2D eigenvalue weighted by molar-refractivity contribution is 6.31. The fraction of sp³-hybridized carbons (Fsp3) is 0.333. The van der Waals surface area contributed by atoms with Crippen molar-refractivity contribution in [2.24, 2.45) is 0 Å². The lowest BCUT2D eigenvalue weighted by molar-refractivity contribution is -0.117. The molecule has 26 heavy (non-hydrogen) atoms. The number of benzene rings is 2. The first-order chi connectivity index (χ1) is 12.6. The number of carbonyl (C=O) groups excluding carboxylic acids is 1. The van der Waals surface area contributed by atoms with E-state index in [9.17, 15) is 4.79 Å². The Labute approximate surface area is 158 Å². The molecule has 0 N–H and O–H groups in total. The average Bonchev–Trinajstić information content (AvgIpc) is 3.19. The molecule has 1 atom stereocenters. The highest BCUT2D eigenvalue weighted by Gasteiger charge is 2.34. The third-order valence-corrected chi connectivity index (χ3v) is 5.50. The van der Waals surface area contributed by atoms with Gasteiger partial charge < -0.3 is 9.47 Å². The number of para-hydroxylation sites is 2. The number of aromatic nitrogens is 2. The standard InChI is InChI=1S/C21H22ClN3O/c1-3-10-24-19-7-5-4-6-18(19)23-21(24)15-12-20(26)25(13-15)16-8-9-17(22)14(2)11-16/h4-9,11,15H,3,10,12-13H2,1-2H3/t15-/m0/s1. The van der Waals surface area contributed by atoms with Gasteiger partial charge in [-0.1, -0.05) is 30.7 Å². The van der Waals surface area contributed by atoms with Crippen LogP contribution in [0.15, 0.2) is 42.5 Å². The lowest BCUT2D eigenvalue weighted by Gasteiger charge is -2.18. The van der Waals surface area contributed by atoms with Crippen LogP contribution in [0, 0.1) is 6.92 Å². The Hall–Kier alpha value is -2.33. The molecule has 1 aliphatic rings. The number of halogens is 1. The Bertz CT molecular complexity index is 979. The fourth-order valence-electron chi connectivity index (χ4n) is 3.79. The molecule has 1 aromatic heterocycles. The maximum absolute atomic E-state index is 12.7. The van der Waals surface area contributed by atoms with Crippen LogP contribution < -0.4 is 4.90 Å². The predicted octanol–water partition coefficient (Wildman–Crippen LogP) is 4.93. The van der Waals surface area contributed by atoms with E-state index in [1.807, 2.05) is 48.2 Å². The van der Waals surface area contributed by atoms with E-state index in [1.54, 1.807) is 0 Å². The van der Waals surface area contributed by atoms with Crippen LogP contribution in [0.1, 0.15) is 37.1 Å². The smallest absolute Gasteiger partial charge is 0.227 e. The van der Waals surface area contributed by atoms with Gasteiger partial charge in [-0.2, -0.15) is 0 Å². The van der Waals surface area contributed by atoms with Crippen molar-refractivity contribution in [3.63, 3.8) is 0 Å². The lowest BCUT2D eigenvalue weighted by Crippen LogP contribution is -2.24. The molecule has 1 saturated heterocycles. The summed E-state index contributed by atoms with van der Waals surface area (Å²) in [6.45, 7) is 5.71. The van der Waals surface area contributed by atoms with Gasteiger partial charge in [-0.3, -0.25) is 4.79 Å². The molecule has 134 valence electrons. The van der Waals surface area contributed by atoms with E-state index in [4.69, 9.17) is 16.6 Å². The molecule has 4 rings (SSSR count). The summed E-state index contributed by atoms with van der Waals surface area (Å²) in [5.41, 5.74) is 4.05. The molecule has 0 spiro atoms. The van der Waals surface area contributed by atoms with Crippen LogP contribution in [0.5, 0.6) is 0 Å². The number of hydrogen-bond donors (Lipinski definition) is 0. The minimum atomic E-state index is 0.109. The predicted molar refractivity (Wildman–Crippen MR) is 106 cm³/mol. The number of hydrogen-bond acceptors (Lipinski definition) is 2. The van der Waals surface area contributed by atoms with Gasteiger partial charge in [-0.05, 0) is 49.2 Å². The first-order valence-corrected chi connectivity index (χ1v) is 9.48. The first kappa shape index (κ1) is 17.1. The SMILES string of the molecule is CCCn1c([C@H]2CC(=O)N(c3ccc(Cl)c(C)c3)C2)nc2ccccc21. The Kier molecular flexibility index (Phi) is 4.45. The van der Waals surface area contributed by atoms with Gasteiger partial charge in [0, 0.05) is 36.1 Å². The fourth-order valence-corrected chi connectivity index (χ4v) is 3.91. The first-order valence-electron chi connectivity index (χ1n) is 9.10. The lowest BCUT2D eigenvalue weighted by atomic mass is 10.1. The molecule has 0 bridgehead atoms. The van der Waals surface area contributed by atoms with Gasteiger partial charge in [0.25, 0.3) is 0 Å². The molecule has 4 nitrogen and oxygen atoms in total. The zero-order valence-corrected chi connectivity index (χ0v) is 15.8. The molecule has 0 radical (unpaired) electrons. The summed E-state index contributed by atoms with van der Waals surface area (Å²) in [6, 6.07) is 14.0. The molecule has 0 saturated carbocycles. The Balaban J connectivity index is 1.69. The quantitative estimate of drug-likeness (QED) is 0.655. The molecule has 5 heteroatoms. The van der Waals surface area contributed by atoms with Gasteiger partial charge >= 0.3 is 0 Å². The second-order valence-electron chi connectivity index (χ2n) is 6.95. The van der Waals surface area contributed by atoms with Crippen LogP contribution >= 0.6 is 11.6 Å².